The number of anilines is 1. The Morgan fingerprint density at radius 2 is 1.76 bits per heavy atom. The largest absolute Gasteiger partial charge is 0.353 e. The van der Waals surface area contributed by atoms with Crippen molar-refractivity contribution in [3.05, 3.63) is 83.5 Å². The fourth-order valence-electron chi connectivity index (χ4n) is 3.93. The molecular weight excluding hydrogens is 380 g/mol. The topological polar surface area (TPSA) is 41.4 Å². The van der Waals surface area contributed by atoms with Crippen LogP contribution >= 0.6 is 11.3 Å². The second-order valence-corrected chi connectivity index (χ2v) is 8.19. The fraction of sp³-hybridized carbons (Fsp3) is 0.217. The van der Waals surface area contributed by atoms with Gasteiger partial charge in [-0.1, -0.05) is 36.4 Å². The number of nitrogens with zero attached hydrogens (tertiary/aromatic N) is 4. The summed E-state index contributed by atoms with van der Waals surface area (Å²) < 4.78 is 3.32. The lowest BCUT2D eigenvalue weighted by molar-refractivity contribution is 0.0736. The average Bonchev–Trinajstić information content (AvgIpc) is 3.37. The molecule has 0 aliphatic carbocycles. The lowest BCUT2D eigenvalue weighted by Gasteiger charge is -2.35. The van der Waals surface area contributed by atoms with Crippen molar-refractivity contribution >= 4 is 33.3 Å². The molecule has 1 amide bonds. The Bertz CT molecular complexity index is 1110. The highest BCUT2D eigenvalue weighted by molar-refractivity contribution is 7.17. The van der Waals surface area contributed by atoms with Gasteiger partial charge < -0.3 is 14.4 Å². The van der Waals surface area contributed by atoms with Crippen molar-refractivity contribution in [2.75, 3.05) is 31.1 Å². The van der Waals surface area contributed by atoms with Crippen molar-refractivity contribution in [2.45, 2.75) is 6.54 Å². The number of aromatic nitrogens is 2. The monoisotopic (exact) mass is 402 g/mol. The van der Waals surface area contributed by atoms with E-state index in [1.54, 1.807) is 11.3 Å². The van der Waals surface area contributed by atoms with Crippen LogP contribution in [0.1, 0.15) is 16.1 Å². The Kier molecular flexibility index (Phi) is 4.77. The zero-order valence-corrected chi connectivity index (χ0v) is 16.9. The number of carbonyl (C=O) groups is 1. The molecule has 0 bridgehead atoms. The molecule has 5 nitrogen and oxygen atoms in total. The number of piperazine rings is 1. The molecule has 4 aromatic rings. The van der Waals surface area contributed by atoms with Crippen LogP contribution in [0.2, 0.25) is 0 Å². The Balaban J connectivity index is 1.37. The van der Waals surface area contributed by atoms with Crippen LogP contribution in [0.3, 0.4) is 0 Å². The van der Waals surface area contributed by atoms with Gasteiger partial charge in [-0.2, -0.15) is 0 Å². The minimum Gasteiger partial charge on any atom is -0.353 e. The summed E-state index contributed by atoms with van der Waals surface area (Å²) in [6.07, 6.45) is 1.82. The van der Waals surface area contributed by atoms with Crippen LogP contribution in [-0.4, -0.2) is 46.5 Å². The molecule has 0 radical (unpaired) electrons. The van der Waals surface area contributed by atoms with Gasteiger partial charge in [-0.25, -0.2) is 4.98 Å². The smallest absolute Gasteiger partial charge is 0.270 e. The Labute approximate surface area is 173 Å². The second-order valence-electron chi connectivity index (χ2n) is 7.24. The van der Waals surface area contributed by atoms with Crippen molar-refractivity contribution in [1.82, 2.24) is 14.5 Å². The molecule has 4 heterocycles. The predicted molar refractivity (Wildman–Crippen MR) is 118 cm³/mol. The lowest BCUT2D eigenvalue weighted by atomic mass is 10.2. The maximum absolute atomic E-state index is 13.4. The van der Waals surface area contributed by atoms with Crippen LogP contribution < -0.4 is 4.90 Å². The quantitative estimate of drug-likeness (QED) is 0.516. The third-order valence-electron chi connectivity index (χ3n) is 5.47. The zero-order chi connectivity index (χ0) is 19.6. The summed E-state index contributed by atoms with van der Waals surface area (Å²) in [6, 6.07) is 20.4. The first-order valence-electron chi connectivity index (χ1n) is 9.85. The number of carbonyl (C=O) groups excluding carboxylic acids is 1. The van der Waals surface area contributed by atoms with E-state index in [0.717, 1.165) is 34.8 Å². The summed E-state index contributed by atoms with van der Waals surface area (Å²) in [5, 5.41) is 2.09. The number of amides is 1. The van der Waals surface area contributed by atoms with Crippen LogP contribution in [0.25, 0.3) is 10.2 Å². The SMILES string of the molecule is O=C(c1cc2sccc2n1Cc1ccccc1)N1CCN(c2ccccn2)CC1. The van der Waals surface area contributed by atoms with E-state index >= 15 is 0 Å². The molecular formula is C23H22N4OS. The molecule has 146 valence electrons. The molecule has 1 fully saturated rings. The van der Waals surface area contributed by atoms with E-state index in [0.29, 0.717) is 19.6 Å². The molecule has 0 N–H and O–H groups in total. The summed E-state index contributed by atoms with van der Waals surface area (Å²) in [5.41, 5.74) is 3.11. The van der Waals surface area contributed by atoms with E-state index in [1.165, 1.54) is 5.56 Å². The van der Waals surface area contributed by atoms with Crippen LogP contribution in [0.5, 0.6) is 0 Å². The molecule has 3 aromatic heterocycles. The summed E-state index contributed by atoms with van der Waals surface area (Å²) >= 11 is 1.69. The van der Waals surface area contributed by atoms with Crippen LogP contribution in [-0.2, 0) is 6.54 Å². The van der Waals surface area contributed by atoms with Gasteiger partial charge in [0.15, 0.2) is 0 Å². The maximum atomic E-state index is 13.4. The van der Waals surface area contributed by atoms with Crippen molar-refractivity contribution < 1.29 is 4.79 Å². The third-order valence-corrected chi connectivity index (χ3v) is 6.32. The second kappa shape index (κ2) is 7.72. The van der Waals surface area contributed by atoms with Gasteiger partial charge in [0.25, 0.3) is 5.91 Å². The minimum atomic E-state index is 0.116. The number of rotatable bonds is 4. The summed E-state index contributed by atoms with van der Waals surface area (Å²) in [4.78, 5) is 22.0. The average molecular weight is 403 g/mol. The molecule has 1 aliphatic rings. The highest BCUT2D eigenvalue weighted by Crippen LogP contribution is 2.27. The number of pyridine rings is 1. The first-order valence-corrected chi connectivity index (χ1v) is 10.7. The number of hydrogen-bond donors (Lipinski definition) is 0. The Hall–Kier alpha value is -3.12. The highest BCUT2D eigenvalue weighted by atomic mass is 32.1. The van der Waals surface area contributed by atoms with Gasteiger partial charge in [-0.15, -0.1) is 11.3 Å². The van der Waals surface area contributed by atoms with Gasteiger partial charge >= 0.3 is 0 Å². The van der Waals surface area contributed by atoms with Gasteiger partial charge in [0.05, 0.1) is 10.2 Å². The standard InChI is InChI=1S/C23H22N4OS/c28-23(26-13-11-25(12-14-26)22-8-4-5-10-24-22)20-16-21-19(9-15-29-21)27(20)17-18-6-2-1-3-7-18/h1-10,15-16H,11-14,17H2. The van der Waals surface area contributed by atoms with Crippen molar-refractivity contribution in [3.63, 3.8) is 0 Å². The van der Waals surface area contributed by atoms with Gasteiger partial charge in [0.1, 0.15) is 11.5 Å². The molecule has 1 aliphatic heterocycles. The number of fused-ring (bicyclic) bond motifs is 1. The van der Waals surface area contributed by atoms with E-state index in [-0.39, 0.29) is 5.91 Å². The van der Waals surface area contributed by atoms with E-state index in [1.807, 2.05) is 47.5 Å². The molecule has 0 spiro atoms. The van der Waals surface area contributed by atoms with Crippen molar-refractivity contribution in [2.24, 2.45) is 0 Å². The Morgan fingerprint density at radius 3 is 2.52 bits per heavy atom. The fourth-order valence-corrected chi connectivity index (χ4v) is 4.75. The van der Waals surface area contributed by atoms with Crippen LogP contribution in [0.4, 0.5) is 5.82 Å². The van der Waals surface area contributed by atoms with Gasteiger partial charge in [0.2, 0.25) is 0 Å². The predicted octanol–water partition coefficient (Wildman–Crippen LogP) is 4.11. The van der Waals surface area contributed by atoms with E-state index < -0.39 is 0 Å². The molecule has 0 unspecified atom stereocenters. The lowest BCUT2D eigenvalue weighted by Crippen LogP contribution is -2.49. The number of hydrogen-bond acceptors (Lipinski definition) is 4. The first kappa shape index (κ1) is 17.9. The van der Waals surface area contributed by atoms with E-state index in [4.69, 9.17) is 0 Å². The molecule has 29 heavy (non-hydrogen) atoms. The first-order chi connectivity index (χ1) is 14.3. The molecule has 1 aromatic carbocycles. The van der Waals surface area contributed by atoms with Crippen molar-refractivity contribution in [1.29, 1.82) is 0 Å². The number of benzene rings is 1. The van der Waals surface area contributed by atoms with Crippen LogP contribution in [0, 0.1) is 0 Å². The van der Waals surface area contributed by atoms with Gasteiger partial charge in [-0.05, 0) is 35.2 Å². The molecule has 1 saturated heterocycles. The van der Waals surface area contributed by atoms with Crippen molar-refractivity contribution in [3.8, 4) is 0 Å². The summed E-state index contributed by atoms with van der Waals surface area (Å²) in [7, 11) is 0. The highest BCUT2D eigenvalue weighted by Gasteiger charge is 2.26. The Morgan fingerprint density at radius 1 is 0.966 bits per heavy atom. The maximum Gasteiger partial charge on any atom is 0.270 e. The normalized spacial score (nSPS) is 14.5. The van der Waals surface area contributed by atoms with E-state index in [2.05, 4.69) is 44.1 Å². The molecule has 0 saturated carbocycles. The summed E-state index contributed by atoms with van der Waals surface area (Å²) in [5.74, 6) is 1.09. The van der Waals surface area contributed by atoms with Crippen LogP contribution in [0.15, 0.2) is 72.2 Å². The van der Waals surface area contributed by atoms with E-state index in [9.17, 15) is 4.79 Å². The summed E-state index contributed by atoms with van der Waals surface area (Å²) in [6.45, 7) is 3.72. The molecule has 6 heteroatoms. The third kappa shape index (κ3) is 3.51. The van der Waals surface area contributed by atoms with Gasteiger partial charge in [0, 0.05) is 38.9 Å². The minimum absolute atomic E-state index is 0.116. The zero-order valence-electron chi connectivity index (χ0n) is 16.1. The molecule has 5 rings (SSSR count). The number of thiophene rings is 1. The molecule has 0 atom stereocenters. The van der Waals surface area contributed by atoms with Gasteiger partial charge in [-0.3, -0.25) is 4.79 Å².